The van der Waals surface area contributed by atoms with E-state index >= 15 is 0 Å². The minimum atomic E-state index is -4.77. The second kappa shape index (κ2) is 19.6. The van der Waals surface area contributed by atoms with Crippen LogP contribution in [0.1, 0.15) is 130 Å². The van der Waals surface area contributed by atoms with Crippen molar-refractivity contribution < 1.29 is 55.3 Å². The van der Waals surface area contributed by atoms with Crippen LogP contribution in [0.15, 0.2) is 48.5 Å². The van der Waals surface area contributed by atoms with Gasteiger partial charge in [-0.1, -0.05) is 24.3 Å². The Balaban J connectivity index is 0.000000174. The van der Waals surface area contributed by atoms with E-state index in [4.69, 9.17) is 9.16 Å². The summed E-state index contributed by atoms with van der Waals surface area (Å²) >= 11 is 0. The second-order valence-electron chi connectivity index (χ2n) is 19.7. The number of nitrogens with zero attached hydrogens (tertiary/aromatic N) is 3. The number of alkyl halides is 6. The Morgan fingerprint density at radius 1 is 0.672 bits per heavy atom. The third-order valence-corrected chi connectivity index (χ3v) is 14.0. The third kappa shape index (κ3) is 12.7. The largest absolute Gasteiger partial charge is 0.421 e. The quantitative estimate of drug-likeness (QED) is 0.104. The number of halogens is 6. The summed E-state index contributed by atoms with van der Waals surface area (Å²) in [7, 11) is -1.39. The normalized spacial score (nSPS) is 22.7. The number of carbonyl (C=O) groups is 2. The number of ether oxygens (including phenoxy) is 1. The summed E-state index contributed by atoms with van der Waals surface area (Å²) in [6.45, 7) is 14.6. The van der Waals surface area contributed by atoms with Gasteiger partial charge in [0.25, 0.3) is 11.8 Å². The van der Waals surface area contributed by atoms with Gasteiger partial charge in [-0.05, 0) is 153 Å². The summed E-state index contributed by atoms with van der Waals surface area (Å²) in [5, 5.41) is 22.8. The van der Waals surface area contributed by atoms with Crippen molar-refractivity contribution in [1.29, 1.82) is 0 Å². The van der Waals surface area contributed by atoms with Crippen molar-refractivity contribution in [3.8, 4) is 0 Å². The maximum atomic E-state index is 13.1. The van der Waals surface area contributed by atoms with E-state index in [1.54, 1.807) is 0 Å². The van der Waals surface area contributed by atoms with Crippen LogP contribution in [0.4, 0.5) is 26.3 Å². The molecule has 10 nitrogen and oxygen atoms in total. The maximum Gasteiger partial charge on any atom is 0.421 e. The van der Waals surface area contributed by atoms with E-state index in [-0.39, 0.29) is 52.9 Å². The Morgan fingerprint density at radius 3 is 1.36 bits per heavy atom. The molecule has 3 N–H and O–H groups in total. The molecule has 2 saturated heterocycles. The van der Waals surface area contributed by atoms with Gasteiger partial charge in [-0.3, -0.25) is 9.59 Å². The van der Waals surface area contributed by atoms with Crippen LogP contribution in [0.25, 0.3) is 0 Å². The number of piperidine rings is 2. The van der Waals surface area contributed by atoms with Crippen molar-refractivity contribution in [3.05, 3.63) is 70.8 Å². The van der Waals surface area contributed by atoms with E-state index in [0.717, 1.165) is 117 Å². The summed E-state index contributed by atoms with van der Waals surface area (Å²) in [6.07, 6.45) is 2.86. The minimum absolute atomic E-state index is 0.106. The lowest BCUT2D eigenvalue weighted by Gasteiger charge is -2.39. The molecule has 2 amide bonds. The first-order valence-electron chi connectivity index (χ1n) is 23.1. The SMILES string of the molecule is CCOC1(O[Si](C)(C)C)CC1.C[C@](O)(c1ccc(C(=O)N(C2CC2)C2CCN(C3CC3)CC2)cc1)C(F)(F)F.C[C@](O)(c1ccc(C(=O)N(C2CCNCC2)C2CC2)cc1)C(F)(F)F. The van der Waals surface area contributed by atoms with Gasteiger partial charge in [0.2, 0.25) is 0 Å². The van der Waals surface area contributed by atoms with Crippen LogP contribution in [-0.4, -0.2) is 126 Å². The van der Waals surface area contributed by atoms with Gasteiger partial charge in [0.15, 0.2) is 25.3 Å². The number of hydrogen-bond donors (Lipinski definition) is 3. The van der Waals surface area contributed by atoms with Gasteiger partial charge >= 0.3 is 12.4 Å². The van der Waals surface area contributed by atoms with E-state index in [1.165, 1.54) is 61.4 Å². The topological polar surface area (TPSA) is 115 Å². The Hall–Kier alpha value is -3.06. The van der Waals surface area contributed by atoms with Crippen LogP contribution >= 0.6 is 0 Å². The molecule has 0 unspecified atom stereocenters. The zero-order valence-electron chi connectivity index (χ0n) is 38.2. The molecule has 2 aromatic rings. The minimum Gasteiger partial charge on any atom is -0.391 e. The van der Waals surface area contributed by atoms with Crippen molar-refractivity contribution in [2.45, 2.75) is 177 Å². The number of aliphatic hydroxyl groups is 2. The Morgan fingerprint density at radius 2 is 1.05 bits per heavy atom. The number of benzene rings is 2. The molecule has 6 fully saturated rings. The molecular weight excluding hydrogens is 859 g/mol. The lowest BCUT2D eigenvalue weighted by molar-refractivity contribution is -0.259. The molecule has 6 aliphatic rings. The lowest BCUT2D eigenvalue weighted by atomic mass is 9.94. The van der Waals surface area contributed by atoms with Crippen molar-refractivity contribution in [2.24, 2.45) is 0 Å². The molecule has 0 bridgehead atoms. The molecule has 0 spiro atoms. The van der Waals surface area contributed by atoms with Crippen LogP contribution < -0.4 is 5.32 Å². The highest BCUT2D eigenvalue weighted by Crippen LogP contribution is 2.43. The van der Waals surface area contributed by atoms with Crippen molar-refractivity contribution in [1.82, 2.24) is 20.0 Å². The summed E-state index contributed by atoms with van der Waals surface area (Å²) < 4.78 is 89.3. The summed E-state index contributed by atoms with van der Waals surface area (Å²) in [5.74, 6) is -0.391. The van der Waals surface area contributed by atoms with Gasteiger partial charge in [-0.2, -0.15) is 26.3 Å². The number of likely N-dealkylation sites (tertiary alicyclic amines) is 1. The van der Waals surface area contributed by atoms with Crippen LogP contribution in [0.3, 0.4) is 0 Å². The molecule has 358 valence electrons. The molecule has 0 radical (unpaired) electrons. The number of carbonyl (C=O) groups excluding carboxylic acids is 2. The predicted octanol–water partition coefficient (Wildman–Crippen LogP) is 8.87. The van der Waals surface area contributed by atoms with E-state index < -0.39 is 31.9 Å². The van der Waals surface area contributed by atoms with E-state index in [2.05, 4.69) is 29.9 Å². The Kier molecular flexibility index (Phi) is 15.5. The van der Waals surface area contributed by atoms with E-state index in [9.17, 15) is 46.1 Å². The fraction of sp³-hybridized carbons (Fsp3) is 0.702. The third-order valence-electron chi connectivity index (χ3n) is 13.1. The zero-order valence-corrected chi connectivity index (χ0v) is 39.2. The van der Waals surface area contributed by atoms with Gasteiger partial charge in [0.1, 0.15) is 0 Å². The lowest BCUT2D eigenvalue weighted by Crippen LogP contribution is -2.48. The number of amides is 2. The van der Waals surface area contributed by atoms with Crippen LogP contribution in [0.5, 0.6) is 0 Å². The van der Waals surface area contributed by atoms with Crippen LogP contribution in [-0.2, 0) is 20.4 Å². The first-order valence-corrected chi connectivity index (χ1v) is 26.5. The first-order chi connectivity index (χ1) is 29.9. The van der Waals surface area contributed by atoms with E-state index in [1.807, 2.05) is 16.7 Å². The van der Waals surface area contributed by atoms with E-state index in [0.29, 0.717) is 11.1 Å². The highest BCUT2D eigenvalue weighted by molar-refractivity contribution is 6.69. The summed E-state index contributed by atoms with van der Waals surface area (Å²) in [5.41, 5.74) is -5.63. The van der Waals surface area contributed by atoms with Gasteiger partial charge in [0.05, 0.1) is 0 Å². The number of rotatable bonds is 13. The fourth-order valence-electron chi connectivity index (χ4n) is 8.72. The zero-order chi connectivity index (χ0) is 46.9. The molecule has 4 aliphatic carbocycles. The van der Waals surface area contributed by atoms with Crippen molar-refractivity contribution >= 4 is 20.1 Å². The monoisotopic (exact) mass is 926 g/mol. The second-order valence-corrected chi connectivity index (χ2v) is 24.1. The maximum absolute atomic E-state index is 13.1. The highest BCUT2D eigenvalue weighted by Gasteiger charge is 2.52. The molecule has 64 heavy (non-hydrogen) atoms. The average Bonchev–Trinajstić information content (AvgIpc) is 4.01. The highest BCUT2D eigenvalue weighted by atomic mass is 28.4. The van der Waals surface area contributed by atoms with Gasteiger partial charge in [-0.15, -0.1) is 0 Å². The molecule has 4 saturated carbocycles. The summed E-state index contributed by atoms with van der Waals surface area (Å²) in [6, 6.07) is 12.0. The Labute approximate surface area is 375 Å². The number of hydrogen-bond acceptors (Lipinski definition) is 8. The van der Waals surface area contributed by atoms with Gasteiger partial charge in [-0.25, -0.2) is 0 Å². The van der Waals surface area contributed by atoms with Gasteiger partial charge < -0.3 is 39.4 Å². The molecule has 2 atom stereocenters. The molecule has 8 rings (SSSR count). The molecular formula is C47H68F6N4O6Si. The molecule has 2 aliphatic heterocycles. The summed E-state index contributed by atoms with van der Waals surface area (Å²) in [4.78, 5) is 32.4. The molecule has 2 aromatic carbocycles. The smallest absolute Gasteiger partial charge is 0.391 e. The molecule has 0 aromatic heterocycles. The average molecular weight is 927 g/mol. The Bertz CT molecular complexity index is 1860. The van der Waals surface area contributed by atoms with Crippen LogP contribution in [0.2, 0.25) is 19.6 Å². The van der Waals surface area contributed by atoms with Crippen molar-refractivity contribution in [3.63, 3.8) is 0 Å². The molecule has 17 heteroatoms. The van der Waals surface area contributed by atoms with Crippen LogP contribution in [0, 0.1) is 0 Å². The van der Waals surface area contributed by atoms with Gasteiger partial charge in [0, 0.05) is 73.9 Å². The standard InChI is InChI=1S/C21H27F3N2O2.C18H23F3N2O2.C8H18O2Si/c1-20(28,21(22,23)24)15-4-2-14(3-5-15)19(27)26(17-8-9-17)18-10-12-25(13-11-18)16-6-7-16;1-17(25,18(19,20)21)13-4-2-12(3-5-13)16(24)23(14-6-7-14)15-8-10-22-11-9-15;1-5-9-8(6-7-8)10-11(2,3)4/h2-5,16-18,28H,6-13H2,1H3;2-5,14-15,22,25H,6-11H2,1H3;5-7H2,1-4H3/t20-;17-;/m00./s1. The fourth-order valence-corrected chi connectivity index (χ4v) is 10.1. The molecule has 2 heterocycles. The van der Waals surface area contributed by atoms with Crippen molar-refractivity contribution in [2.75, 3.05) is 32.8 Å². The number of nitrogens with one attached hydrogen (secondary N) is 1. The first kappa shape index (κ1) is 50.4. The predicted molar refractivity (Wildman–Crippen MR) is 234 cm³/mol.